The van der Waals surface area contributed by atoms with E-state index in [1.165, 1.54) is 0 Å². The van der Waals surface area contributed by atoms with Crippen LogP contribution in [0.25, 0.3) is 0 Å². The average Bonchev–Trinajstić information content (AvgIpc) is 2.66. The molecule has 0 aliphatic heterocycles. The summed E-state index contributed by atoms with van der Waals surface area (Å²) in [6.45, 7) is 10.1. The Kier molecular flexibility index (Phi) is 10.6. The molecule has 0 spiro atoms. The number of aliphatic hydroxyl groups is 1. The van der Waals surface area contributed by atoms with Gasteiger partial charge in [-0.25, -0.2) is 4.79 Å². The Morgan fingerprint density at radius 2 is 1.70 bits per heavy atom. The van der Waals surface area contributed by atoms with Crippen LogP contribution in [0.3, 0.4) is 0 Å². The van der Waals surface area contributed by atoms with Crippen LogP contribution in [0.15, 0.2) is 6.07 Å². The molecule has 0 bridgehead atoms. The zero-order valence-electron chi connectivity index (χ0n) is 19.3. The highest BCUT2D eigenvalue weighted by molar-refractivity contribution is 5.68. The second-order valence-corrected chi connectivity index (χ2v) is 7.71. The van der Waals surface area contributed by atoms with E-state index in [-0.39, 0.29) is 12.6 Å². The van der Waals surface area contributed by atoms with Crippen molar-refractivity contribution >= 4 is 6.09 Å². The predicted octanol–water partition coefficient (Wildman–Crippen LogP) is 3.71. The third-order valence-corrected chi connectivity index (χ3v) is 4.13. The van der Waals surface area contributed by atoms with Gasteiger partial charge in [-0.15, -0.1) is 0 Å². The number of aliphatic hydroxyl groups excluding tert-OH is 1. The van der Waals surface area contributed by atoms with E-state index >= 15 is 0 Å². The Morgan fingerprint density at radius 1 is 1.07 bits per heavy atom. The minimum Gasteiger partial charge on any atom is -0.490 e. The smallest absolute Gasteiger partial charge is 0.407 e. The van der Waals surface area contributed by atoms with Gasteiger partial charge in [0.1, 0.15) is 5.60 Å². The summed E-state index contributed by atoms with van der Waals surface area (Å²) in [7, 11) is 3.09. The van der Waals surface area contributed by atoms with Gasteiger partial charge in [0.25, 0.3) is 0 Å². The molecule has 0 aliphatic rings. The fourth-order valence-corrected chi connectivity index (χ4v) is 3.05. The number of benzene rings is 1. The third kappa shape index (κ3) is 7.82. The normalized spacial score (nSPS) is 12.1. The number of hydrogen-bond acceptors (Lipinski definition) is 7. The Labute approximate surface area is 179 Å². The highest BCUT2D eigenvalue weighted by Gasteiger charge is 2.25. The molecule has 2 N–H and O–H groups in total. The molecule has 172 valence electrons. The zero-order chi connectivity index (χ0) is 22.7. The number of alkyl carbamates (subject to hydrolysis) is 1. The van der Waals surface area contributed by atoms with Crippen molar-refractivity contribution in [2.24, 2.45) is 0 Å². The van der Waals surface area contributed by atoms with Gasteiger partial charge < -0.3 is 34.1 Å². The maximum absolute atomic E-state index is 12.3. The van der Waals surface area contributed by atoms with E-state index in [4.69, 9.17) is 23.7 Å². The van der Waals surface area contributed by atoms with Crippen molar-refractivity contribution < 1.29 is 33.6 Å². The summed E-state index contributed by atoms with van der Waals surface area (Å²) in [5.41, 5.74) is 0.199. The fraction of sp³-hybridized carbons (Fsp3) is 0.682. The first-order valence-electron chi connectivity index (χ1n) is 10.3. The van der Waals surface area contributed by atoms with Crippen LogP contribution in [0.1, 0.15) is 53.0 Å². The molecule has 0 aromatic heterocycles. The monoisotopic (exact) mass is 427 g/mol. The summed E-state index contributed by atoms with van der Waals surface area (Å²) < 4.78 is 28.1. The van der Waals surface area contributed by atoms with Crippen LogP contribution in [0.4, 0.5) is 4.79 Å². The molecule has 1 unspecified atom stereocenters. The van der Waals surface area contributed by atoms with Gasteiger partial charge in [-0.05, 0) is 59.9 Å². The van der Waals surface area contributed by atoms with Gasteiger partial charge in [0, 0.05) is 18.2 Å². The Morgan fingerprint density at radius 3 is 2.20 bits per heavy atom. The third-order valence-electron chi connectivity index (χ3n) is 4.13. The topological polar surface area (TPSA) is 95.5 Å². The summed E-state index contributed by atoms with van der Waals surface area (Å²) in [6, 6.07) is 1.57. The average molecular weight is 428 g/mol. The SMILES string of the molecule is CCOc1cc(CC(CCCO)NC(=O)OC(C)(C)C)c(OCC)c(OC)c1OC. The number of hydrogen-bond donors (Lipinski definition) is 2. The number of carbonyl (C=O) groups is 1. The molecular weight excluding hydrogens is 390 g/mol. The molecule has 8 heteroatoms. The van der Waals surface area contributed by atoms with Crippen molar-refractivity contribution in [2.75, 3.05) is 34.0 Å². The van der Waals surface area contributed by atoms with Crippen molar-refractivity contribution in [2.45, 2.75) is 65.5 Å². The Balaban J connectivity index is 3.30. The number of nitrogens with one attached hydrogen (secondary N) is 1. The first kappa shape index (κ1) is 25.7. The lowest BCUT2D eigenvalue weighted by Crippen LogP contribution is -2.40. The van der Waals surface area contributed by atoms with Crippen LogP contribution in [-0.2, 0) is 11.2 Å². The molecule has 1 aromatic carbocycles. The van der Waals surface area contributed by atoms with Crippen molar-refractivity contribution in [1.82, 2.24) is 5.32 Å². The maximum Gasteiger partial charge on any atom is 0.407 e. The van der Waals surface area contributed by atoms with E-state index < -0.39 is 11.7 Å². The lowest BCUT2D eigenvalue weighted by atomic mass is 9.99. The number of carbonyl (C=O) groups excluding carboxylic acids is 1. The standard InChI is InChI=1S/C22H37NO7/c1-8-28-17-14-15(18(29-9-2)20(27-7)19(17)26-6)13-16(11-10-12-24)23-21(25)30-22(3,4)5/h14,16,24H,8-13H2,1-7H3,(H,23,25). The van der Waals surface area contributed by atoms with Crippen LogP contribution >= 0.6 is 0 Å². The highest BCUT2D eigenvalue weighted by Crippen LogP contribution is 2.47. The van der Waals surface area contributed by atoms with Gasteiger partial charge in [-0.3, -0.25) is 0 Å². The van der Waals surface area contributed by atoms with Gasteiger partial charge in [0.2, 0.25) is 11.5 Å². The summed E-state index contributed by atoms with van der Waals surface area (Å²) in [6.07, 6.45) is 1.04. The molecule has 0 fully saturated rings. The van der Waals surface area contributed by atoms with E-state index in [0.717, 1.165) is 5.56 Å². The minimum absolute atomic E-state index is 0.0287. The molecule has 1 amide bonds. The molecule has 1 atom stereocenters. The molecule has 0 saturated carbocycles. The number of amides is 1. The van der Waals surface area contributed by atoms with Crippen molar-refractivity contribution in [3.8, 4) is 23.0 Å². The summed E-state index contributed by atoms with van der Waals surface area (Å²) in [4.78, 5) is 12.3. The van der Waals surface area contributed by atoms with Crippen molar-refractivity contribution in [1.29, 1.82) is 0 Å². The van der Waals surface area contributed by atoms with Gasteiger partial charge in [-0.1, -0.05) is 0 Å². The molecule has 0 heterocycles. The molecule has 0 aliphatic carbocycles. The van der Waals surface area contributed by atoms with E-state index in [2.05, 4.69) is 5.32 Å². The fourth-order valence-electron chi connectivity index (χ4n) is 3.05. The second kappa shape index (κ2) is 12.4. The van der Waals surface area contributed by atoms with Crippen LogP contribution in [0.5, 0.6) is 23.0 Å². The van der Waals surface area contributed by atoms with Crippen LogP contribution in [0.2, 0.25) is 0 Å². The van der Waals surface area contributed by atoms with Gasteiger partial charge in [0.15, 0.2) is 11.5 Å². The van der Waals surface area contributed by atoms with Crippen LogP contribution in [-0.4, -0.2) is 56.9 Å². The number of methoxy groups -OCH3 is 2. The molecule has 1 aromatic rings. The van der Waals surface area contributed by atoms with E-state index in [0.29, 0.717) is 55.5 Å². The Hall–Kier alpha value is -2.35. The molecule has 1 rings (SSSR count). The molecule has 0 radical (unpaired) electrons. The van der Waals surface area contributed by atoms with E-state index in [1.54, 1.807) is 14.2 Å². The van der Waals surface area contributed by atoms with E-state index in [9.17, 15) is 9.90 Å². The minimum atomic E-state index is -0.604. The van der Waals surface area contributed by atoms with Gasteiger partial charge >= 0.3 is 6.09 Å². The van der Waals surface area contributed by atoms with Crippen molar-refractivity contribution in [3.05, 3.63) is 11.6 Å². The number of rotatable bonds is 12. The molecular formula is C22H37NO7. The first-order chi connectivity index (χ1) is 14.2. The summed E-state index contributed by atoms with van der Waals surface area (Å²) >= 11 is 0. The van der Waals surface area contributed by atoms with Crippen LogP contribution < -0.4 is 24.3 Å². The lowest BCUT2D eigenvalue weighted by molar-refractivity contribution is 0.0499. The lowest BCUT2D eigenvalue weighted by Gasteiger charge is -2.25. The molecule has 0 saturated heterocycles. The second-order valence-electron chi connectivity index (χ2n) is 7.71. The largest absolute Gasteiger partial charge is 0.490 e. The predicted molar refractivity (Wildman–Crippen MR) is 115 cm³/mol. The highest BCUT2D eigenvalue weighted by atomic mass is 16.6. The molecule has 30 heavy (non-hydrogen) atoms. The first-order valence-corrected chi connectivity index (χ1v) is 10.3. The number of ether oxygens (including phenoxy) is 5. The van der Waals surface area contributed by atoms with Gasteiger partial charge in [0.05, 0.1) is 27.4 Å². The molecule has 8 nitrogen and oxygen atoms in total. The van der Waals surface area contributed by atoms with Gasteiger partial charge in [-0.2, -0.15) is 0 Å². The van der Waals surface area contributed by atoms with Crippen molar-refractivity contribution in [3.63, 3.8) is 0 Å². The zero-order valence-corrected chi connectivity index (χ0v) is 19.3. The summed E-state index contributed by atoms with van der Waals surface area (Å²) in [5.74, 6) is 1.98. The van der Waals surface area contributed by atoms with E-state index in [1.807, 2.05) is 40.7 Å². The quantitative estimate of drug-likeness (QED) is 0.525. The summed E-state index contributed by atoms with van der Waals surface area (Å²) in [5, 5.41) is 12.2. The van der Waals surface area contributed by atoms with Crippen LogP contribution in [0, 0.1) is 0 Å². The Bertz CT molecular complexity index is 670. The maximum atomic E-state index is 12.3.